The fraction of sp³-hybridized carbons (Fsp3) is 0.294. The van der Waals surface area contributed by atoms with Gasteiger partial charge in [-0.25, -0.2) is 0 Å². The van der Waals surface area contributed by atoms with Crippen LogP contribution in [0.15, 0.2) is 18.2 Å². The van der Waals surface area contributed by atoms with E-state index < -0.39 is 0 Å². The monoisotopic (exact) mass is 364 g/mol. The van der Waals surface area contributed by atoms with Crippen LogP contribution in [-0.2, 0) is 12.8 Å². The van der Waals surface area contributed by atoms with E-state index in [1.54, 1.807) is 18.2 Å². The van der Waals surface area contributed by atoms with E-state index in [2.05, 4.69) is 18.3 Å². The van der Waals surface area contributed by atoms with Crippen molar-refractivity contribution in [1.29, 1.82) is 5.26 Å². The summed E-state index contributed by atoms with van der Waals surface area (Å²) in [7, 11) is 0. The van der Waals surface area contributed by atoms with Crippen LogP contribution < -0.4 is 5.32 Å². The Kier molecular flexibility index (Phi) is 4.63. The zero-order valence-corrected chi connectivity index (χ0v) is 14.8. The highest BCUT2D eigenvalue weighted by Crippen LogP contribution is 2.39. The minimum atomic E-state index is -0.385. The van der Waals surface area contributed by atoms with Crippen LogP contribution in [0.3, 0.4) is 0 Å². The van der Waals surface area contributed by atoms with Crippen LogP contribution >= 0.6 is 34.5 Å². The maximum absolute atomic E-state index is 12.5. The summed E-state index contributed by atoms with van der Waals surface area (Å²) >= 11 is 13.6. The molecule has 1 unspecified atom stereocenters. The number of fused-ring (bicyclic) bond motifs is 1. The lowest BCUT2D eigenvalue weighted by Crippen LogP contribution is -2.13. The SMILES string of the molecule is CC1CCc2c(sc(NC(=O)c3c(Cl)cccc3Cl)c2C#N)C1. The van der Waals surface area contributed by atoms with Crippen molar-refractivity contribution in [2.75, 3.05) is 5.32 Å². The van der Waals surface area contributed by atoms with E-state index in [0.717, 1.165) is 24.8 Å². The van der Waals surface area contributed by atoms with Crippen molar-refractivity contribution < 1.29 is 4.79 Å². The topological polar surface area (TPSA) is 52.9 Å². The zero-order valence-electron chi connectivity index (χ0n) is 12.5. The minimum Gasteiger partial charge on any atom is -0.312 e. The van der Waals surface area contributed by atoms with Gasteiger partial charge in [0.1, 0.15) is 11.1 Å². The summed E-state index contributed by atoms with van der Waals surface area (Å²) in [5.41, 5.74) is 1.89. The number of halogens is 2. The summed E-state index contributed by atoms with van der Waals surface area (Å²) in [6.45, 7) is 2.20. The summed E-state index contributed by atoms with van der Waals surface area (Å²) in [5.74, 6) is 0.220. The summed E-state index contributed by atoms with van der Waals surface area (Å²) in [5, 5.41) is 13.5. The number of thiophene rings is 1. The van der Waals surface area contributed by atoms with Crippen LogP contribution in [0.25, 0.3) is 0 Å². The third-order valence-corrected chi connectivity index (χ3v) is 5.84. The second-order valence-corrected chi connectivity index (χ2v) is 7.64. The van der Waals surface area contributed by atoms with Crippen LogP contribution in [0.2, 0.25) is 10.0 Å². The van der Waals surface area contributed by atoms with Gasteiger partial charge in [0.15, 0.2) is 0 Å². The first-order chi connectivity index (χ1) is 11.0. The molecular formula is C17H14Cl2N2OS. The first-order valence-corrected chi connectivity index (χ1v) is 8.88. The molecule has 0 radical (unpaired) electrons. The third kappa shape index (κ3) is 3.10. The van der Waals surface area contributed by atoms with Gasteiger partial charge in [0, 0.05) is 4.88 Å². The average Bonchev–Trinajstić information content (AvgIpc) is 2.82. The number of carbonyl (C=O) groups is 1. The van der Waals surface area contributed by atoms with Crippen molar-refractivity contribution in [3.63, 3.8) is 0 Å². The fourth-order valence-electron chi connectivity index (χ4n) is 2.84. The van der Waals surface area contributed by atoms with Crippen molar-refractivity contribution in [1.82, 2.24) is 0 Å². The van der Waals surface area contributed by atoms with Crippen molar-refractivity contribution in [2.24, 2.45) is 5.92 Å². The predicted molar refractivity (Wildman–Crippen MR) is 94.6 cm³/mol. The molecule has 0 saturated heterocycles. The summed E-state index contributed by atoms with van der Waals surface area (Å²) in [6, 6.07) is 7.16. The molecule has 0 spiro atoms. The normalized spacial score (nSPS) is 16.5. The fourth-order valence-corrected chi connectivity index (χ4v) is 4.76. The van der Waals surface area contributed by atoms with E-state index in [9.17, 15) is 10.1 Å². The van der Waals surface area contributed by atoms with Crippen LogP contribution in [0, 0.1) is 17.2 Å². The molecule has 1 aromatic carbocycles. The number of nitriles is 1. The van der Waals surface area contributed by atoms with E-state index >= 15 is 0 Å². The highest BCUT2D eigenvalue weighted by Gasteiger charge is 2.25. The molecule has 1 atom stereocenters. The highest BCUT2D eigenvalue weighted by molar-refractivity contribution is 7.16. The van der Waals surface area contributed by atoms with Crippen LogP contribution in [0.4, 0.5) is 5.00 Å². The Labute approximate surface area is 148 Å². The summed E-state index contributed by atoms with van der Waals surface area (Å²) < 4.78 is 0. The summed E-state index contributed by atoms with van der Waals surface area (Å²) in [6.07, 6.45) is 2.91. The Balaban J connectivity index is 1.95. The Morgan fingerprint density at radius 3 is 2.74 bits per heavy atom. The molecule has 0 aliphatic heterocycles. The Morgan fingerprint density at radius 2 is 2.09 bits per heavy atom. The molecule has 0 saturated carbocycles. The Bertz CT molecular complexity index is 802. The standard InChI is InChI=1S/C17H14Cl2N2OS/c1-9-5-6-10-11(8-20)17(23-14(10)7-9)21-16(22)15-12(18)3-2-4-13(15)19/h2-4,9H,5-7H2,1H3,(H,21,22). The molecule has 6 heteroatoms. The first-order valence-electron chi connectivity index (χ1n) is 7.31. The highest BCUT2D eigenvalue weighted by atomic mass is 35.5. The van der Waals surface area contributed by atoms with Gasteiger partial charge in [0.25, 0.3) is 5.91 Å². The van der Waals surface area contributed by atoms with Crippen molar-refractivity contribution >= 4 is 45.4 Å². The number of benzene rings is 1. The zero-order chi connectivity index (χ0) is 16.6. The molecule has 2 aromatic rings. The Hall–Kier alpha value is -1.54. The van der Waals surface area contributed by atoms with Crippen LogP contribution in [0.1, 0.15) is 39.7 Å². The van der Waals surface area contributed by atoms with Gasteiger partial charge >= 0.3 is 0 Å². The largest absolute Gasteiger partial charge is 0.312 e. The van der Waals surface area contributed by atoms with Gasteiger partial charge in [0.05, 0.1) is 21.2 Å². The number of anilines is 1. The van der Waals surface area contributed by atoms with E-state index in [1.165, 1.54) is 16.2 Å². The van der Waals surface area contributed by atoms with Gasteiger partial charge in [0.2, 0.25) is 0 Å². The quantitative estimate of drug-likeness (QED) is 0.785. The first kappa shape index (κ1) is 16.3. The molecule has 0 fully saturated rings. The predicted octanol–water partition coefficient (Wildman–Crippen LogP) is 5.30. The molecule has 1 heterocycles. The van der Waals surface area contributed by atoms with Crippen LogP contribution in [0.5, 0.6) is 0 Å². The molecule has 3 rings (SSSR count). The lowest BCUT2D eigenvalue weighted by Gasteiger charge is -2.17. The van der Waals surface area contributed by atoms with Crippen molar-refractivity contribution in [3.8, 4) is 6.07 Å². The minimum absolute atomic E-state index is 0.236. The smallest absolute Gasteiger partial charge is 0.259 e. The molecule has 1 amide bonds. The molecule has 118 valence electrons. The number of nitrogens with zero attached hydrogens (tertiary/aromatic N) is 1. The van der Waals surface area contributed by atoms with E-state index in [4.69, 9.17) is 23.2 Å². The van der Waals surface area contributed by atoms with Crippen LogP contribution in [-0.4, -0.2) is 5.91 Å². The molecule has 1 aliphatic rings. The van der Waals surface area contributed by atoms with Gasteiger partial charge < -0.3 is 5.32 Å². The number of hydrogen-bond donors (Lipinski definition) is 1. The summed E-state index contributed by atoms with van der Waals surface area (Å²) in [4.78, 5) is 13.7. The molecule has 1 N–H and O–H groups in total. The molecule has 3 nitrogen and oxygen atoms in total. The van der Waals surface area contributed by atoms with Gasteiger partial charge in [-0.3, -0.25) is 4.79 Å². The number of nitrogens with one attached hydrogen (secondary N) is 1. The number of carbonyl (C=O) groups excluding carboxylic acids is 1. The molecule has 1 aromatic heterocycles. The molecule has 1 aliphatic carbocycles. The molecule has 23 heavy (non-hydrogen) atoms. The third-order valence-electron chi connectivity index (χ3n) is 4.04. The molecule has 0 bridgehead atoms. The maximum atomic E-state index is 12.5. The maximum Gasteiger partial charge on any atom is 0.259 e. The van der Waals surface area contributed by atoms with Gasteiger partial charge in [-0.05, 0) is 42.9 Å². The van der Waals surface area contributed by atoms with E-state index in [0.29, 0.717) is 26.5 Å². The Morgan fingerprint density at radius 1 is 1.39 bits per heavy atom. The number of amides is 1. The van der Waals surface area contributed by atoms with Crippen molar-refractivity contribution in [2.45, 2.75) is 26.2 Å². The lowest BCUT2D eigenvalue weighted by atomic mass is 9.88. The second kappa shape index (κ2) is 6.52. The van der Waals surface area contributed by atoms with E-state index in [-0.39, 0.29) is 11.5 Å². The number of rotatable bonds is 2. The van der Waals surface area contributed by atoms with Gasteiger partial charge in [-0.2, -0.15) is 5.26 Å². The van der Waals surface area contributed by atoms with Gasteiger partial charge in [-0.1, -0.05) is 36.2 Å². The average molecular weight is 365 g/mol. The lowest BCUT2D eigenvalue weighted by molar-refractivity contribution is 0.102. The number of hydrogen-bond acceptors (Lipinski definition) is 3. The van der Waals surface area contributed by atoms with Crippen molar-refractivity contribution in [3.05, 3.63) is 49.8 Å². The molecular weight excluding hydrogens is 351 g/mol. The second-order valence-electron chi connectivity index (χ2n) is 5.72. The van der Waals surface area contributed by atoms with Gasteiger partial charge in [-0.15, -0.1) is 11.3 Å². The van der Waals surface area contributed by atoms with E-state index in [1.807, 2.05) is 0 Å².